The normalized spacial score (nSPS) is 15.0. The van der Waals surface area contributed by atoms with Crippen molar-refractivity contribution in [3.05, 3.63) is 104 Å². The van der Waals surface area contributed by atoms with Gasteiger partial charge in [0.2, 0.25) is 0 Å². The summed E-state index contributed by atoms with van der Waals surface area (Å²) in [6, 6.07) is 21.2. The molecular formula is C25H19Cl2NO2S2. The molecule has 0 radical (unpaired) electrons. The standard InChI is InChI=1S/C25H19Cl2NO2S2/c1-16-6-5-9-18(10-16)15-30-23-19(11-20(26)13-21(23)27)12-22-24(29)28(25(31)32-22)14-17-7-3-2-4-8-17/h2-13H,14-15H2,1H3/b22-12-. The predicted molar refractivity (Wildman–Crippen MR) is 137 cm³/mol. The van der Waals surface area contributed by atoms with Gasteiger partial charge in [0.25, 0.3) is 5.91 Å². The third-order valence-corrected chi connectivity index (χ3v) is 6.72. The second-order valence-corrected chi connectivity index (χ2v) is 9.86. The summed E-state index contributed by atoms with van der Waals surface area (Å²) in [6.45, 7) is 2.80. The number of thiocarbonyl (C=S) groups is 1. The highest BCUT2D eigenvalue weighted by molar-refractivity contribution is 8.26. The summed E-state index contributed by atoms with van der Waals surface area (Å²) in [7, 11) is 0. The second kappa shape index (κ2) is 10.1. The number of carbonyl (C=O) groups excluding carboxylic acids is 1. The van der Waals surface area contributed by atoms with Gasteiger partial charge in [0.05, 0.1) is 16.5 Å². The molecule has 3 nitrogen and oxygen atoms in total. The lowest BCUT2D eigenvalue weighted by Crippen LogP contribution is -2.27. The smallest absolute Gasteiger partial charge is 0.266 e. The third kappa shape index (κ3) is 5.36. The zero-order valence-corrected chi connectivity index (χ0v) is 20.3. The summed E-state index contributed by atoms with van der Waals surface area (Å²) in [5.74, 6) is 0.329. The zero-order chi connectivity index (χ0) is 22.7. The van der Waals surface area contributed by atoms with E-state index in [2.05, 4.69) is 6.07 Å². The van der Waals surface area contributed by atoms with Crippen LogP contribution in [0.3, 0.4) is 0 Å². The van der Waals surface area contributed by atoms with E-state index in [1.54, 1.807) is 23.1 Å². The first-order valence-electron chi connectivity index (χ1n) is 9.87. The highest BCUT2D eigenvalue weighted by Gasteiger charge is 2.32. The van der Waals surface area contributed by atoms with E-state index < -0.39 is 0 Å². The van der Waals surface area contributed by atoms with Gasteiger partial charge in [0.1, 0.15) is 16.7 Å². The minimum Gasteiger partial charge on any atom is -0.487 e. The molecule has 162 valence electrons. The molecule has 1 aliphatic rings. The Balaban J connectivity index is 1.60. The van der Waals surface area contributed by atoms with Gasteiger partial charge in [0.15, 0.2) is 0 Å². The van der Waals surface area contributed by atoms with Gasteiger partial charge in [0, 0.05) is 10.6 Å². The minimum atomic E-state index is -0.149. The molecule has 0 bridgehead atoms. The highest BCUT2D eigenvalue weighted by atomic mass is 35.5. The van der Waals surface area contributed by atoms with Crippen LogP contribution in [0.2, 0.25) is 10.0 Å². The summed E-state index contributed by atoms with van der Waals surface area (Å²) in [4.78, 5) is 15.2. The number of halogens is 2. The van der Waals surface area contributed by atoms with Gasteiger partial charge in [-0.2, -0.15) is 0 Å². The van der Waals surface area contributed by atoms with Gasteiger partial charge in [-0.3, -0.25) is 9.69 Å². The van der Waals surface area contributed by atoms with Crippen molar-refractivity contribution in [2.24, 2.45) is 0 Å². The quantitative estimate of drug-likeness (QED) is 0.263. The van der Waals surface area contributed by atoms with Crippen LogP contribution in [-0.4, -0.2) is 15.1 Å². The Labute approximate surface area is 207 Å². The van der Waals surface area contributed by atoms with Crippen LogP contribution in [0.4, 0.5) is 0 Å². The van der Waals surface area contributed by atoms with E-state index in [-0.39, 0.29) is 5.91 Å². The molecule has 1 fully saturated rings. The molecule has 0 aliphatic carbocycles. The molecule has 1 amide bonds. The molecule has 3 aromatic carbocycles. The molecule has 0 N–H and O–H groups in total. The van der Waals surface area contributed by atoms with Gasteiger partial charge in [-0.1, -0.05) is 107 Å². The Kier molecular flexibility index (Phi) is 7.21. The van der Waals surface area contributed by atoms with Crippen molar-refractivity contribution in [1.82, 2.24) is 4.90 Å². The highest BCUT2D eigenvalue weighted by Crippen LogP contribution is 2.39. The number of nitrogens with zero attached hydrogens (tertiary/aromatic N) is 1. The molecule has 1 heterocycles. The number of carbonyl (C=O) groups is 1. The van der Waals surface area contributed by atoms with Gasteiger partial charge in [-0.25, -0.2) is 0 Å². The van der Waals surface area contributed by atoms with Crippen molar-refractivity contribution in [3.8, 4) is 5.75 Å². The molecule has 4 rings (SSSR count). The van der Waals surface area contributed by atoms with Gasteiger partial charge in [-0.05, 0) is 36.3 Å². The van der Waals surface area contributed by atoms with Crippen molar-refractivity contribution in [2.75, 3.05) is 0 Å². The molecule has 7 heteroatoms. The number of thioether (sulfide) groups is 1. The number of amides is 1. The maximum absolute atomic E-state index is 13.1. The Morgan fingerprint density at radius 2 is 1.78 bits per heavy atom. The number of hydrogen-bond acceptors (Lipinski definition) is 4. The Bertz CT molecular complexity index is 1210. The van der Waals surface area contributed by atoms with E-state index in [0.29, 0.717) is 43.7 Å². The Hall–Kier alpha value is -2.31. The van der Waals surface area contributed by atoms with Crippen molar-refractivity contribution in [3.63, 3.8) is 0 Å². The number of benzene rings is 3. The molecule has 3 aromatic rings. The first-order valence-corrected chi connectivity index (χ1v) is 11.9. The molecule has 32 heavy (non-hydrogen) atoms. The van der Waals surface area contributed by atoms with Crippen molar-refractivity contribution < 1.29 is 9.53 Å². The average molecular weight is 500 g/mol. The minimum absolute atomic E-state index is 0.149. The molecule has 0 saturated carbocycles. The van der Waals surface area contributed by atoms with Gasteiger partial charge >= 0.3 is 0 Å². The number of hydrogen-bond donors (Lipinski definition) is 0. The van der Waals surface area contributed by atoms with Gasteiger partial charge in [-0.15, -0.1) is 0 Å². The molecule has 1 saturated heterocycles. The van der Waals surface area contributed by atoms with Crippen LogP contribution in [0.1, 0.15) is 22.3 Å². The number of aryl methyl sites for hydroxylation is 1. The zero-order valence-electron chi connectivity index (χ0n) is 17.2. The van der Waals surface area contributed by atoms with Crippen LogP contribution in [0, 0.1) is 6.92 Å². The van der Waals surface area contributed by atoms with Crippen LogP contribution in [-0.2, 0) is 17.9 Å². The van der Waals surface area contributed by atoms with E-state index in [0.717, 1.165) is 16.7 Å². The lowest BCUT2D eigenvalue weighted by molar-refractivity contribution is -0.122. The van der Waals surface area contributed by atoms with Crippen LogP contribution < -0.4 is 4.74 Å². The van der Waals surface area contributed by atoms with E-state index >= 15 is 0 Å². The lowest BCUT2D eigenvalue weighted by atomic mass is 10.1. The first-order chi connectivity index (χ1) is 15.4. The summed E-state index contributed by atoms with van der Waals surface area (Å²) in [5.41, 5.74) is 3.82. The van der Waals surface area contributed by atoms with Crippen LogP contribution in [0.25, 0.3) is 6.08 Å². The van der Waals surface area contributed by atoms with E-state index in [9.17, 15) is 4.79 Å². The van der Waals surface area contributed by atoms with Crippen molar-refractivity contribution >= 4 is 63.5 Å². The maximum Gasteiger partial charge on any atom is 0.266 e. The van der Waals surface area contributed by atoms with Crippen LogP contribution in [0.5, 0.6) is 5.75 Å². The lowest BCUT2D eigenvalue weighted by Gasteiger charge is -2.14. The van der Waals surface area contributed by atoms with E-state index in [1.807, 2.05) is 55.5 Å². The molecular weight excluding hydrogens is 481 g/mol. The molecule has 0 spiro atoms. The summed E-state index contributed by atoms with van der Waals surface area (Å²) < 4.78 is 6.57. The summed E-state index contributed by atoms with van der Waals surface area (Å²) in [5, 5.41) is 0.847. The summed E-state index contributed by atoms with van der Waals surface area (Å²) >= 11 is 19.4. The first kappa shape index (κ1) is 22.9. The fourth-order valence-corrected chi connectivity index (χ4v) is 5.15. The van der Waals surface area contributed by atoms with Crippen LogP contribution >= 0.6 is 47.2 Å². The van der Waals surface area contributed by atoms with Crippen molar-refractivity contribution in [1.29, 1.82) is 0 Å². The molecule has 0 unspecified atom stereocenters. The largest absolute Gasteiger partial charge is 0.487 e. The fourth-order valence-electron chi connectivity index (χ4n) is 3.34. The molecule has 1 aliphatic heterocycles. The summed E-state index contributed by atoms with van der Waals surface area (Å²) in [6.07, 6.45) is 1.74. The van der Waals surface area contributed by atoms with Crippen LogP contribution in [0.15, 0.2) is 71.6 Å². The fraction of sp³-hybridized carbons (Fsp3) is 0.120. The number of rotatable bonds is 6. The SMILES string of the molecule is Cc1cccc(COc2c(Cl)cc(Cl)cc2/C=C2\SC(=S)N(Cc3ccccc3)C2=O)c1. The van der Waals surface area contributed by atoms with E-state index in [1.165, 1.54) is 11.8 Å². The molecule has 0 aromatic heterocycles. The Morgan fingerprint density at radius 1 is 1.03 bits per heavy atom. The average Bonchev–Trinajstić information content (AvgIpc) is 3.01. The third-order valence-electron chi connectivity index (χ3n) is 4.85. The topological polar surface area (TPSA) is 29.5 Å². The number of ether oxygens (including phenoxy) is 1. The van der Waals surface area contributed by atoms with E-state index in [4.69, 9.17) is 40.2 Å². The predicted octanol–water partition coefficient (Wildman–Crippen LogP) is 7.28. The van der Waals surface area contributed by atoms with Crippen molar-refractivity contribution in [2.45, 2.75) is 20.1 Å². The maximum atomic E-state index is 13.1. The Morgan fingerprint density at radius 3 is 2.53 bits per heavy atom. The van der Waals surface area contributed by atoms with Gasteiger partial charge < -0.3 is 4.74 Å². The molecule has 0 atom stereocenters. The monoisotopic (exact) mass is 499 g/mol. The second-order valence-electron chi connectivity index (χ2n) is 7.34.